The number of hydrogen-bond donors (Lipinski definition) is 2. The van der Waals surface area contributed by atoms with Gasteiger partial charge in [0.25, 0.3) is 0 Å². The van der Waals surface area contributed by atoms with Crippen LogP contribution in [0.15, 0.2) is 29.4 Å². The average Bonchev–Trinajstić information content (AvgIpc) is 2.36. The van der Waals surface area contributed by atoms with Gasteiger partial charge in [0.1, 0.15) is 0 Å². The number of oxime groups is 1. The Morgan fingerprint density at radius 1 is 1.24 bits per heavy atom. The van der Waals surface area contributed by atoms with Gasteiger partial charge in [-0.15, -0.1) is 0 Å². The zero-order valence-corrected chi connectivity index (χ0v) is 10.1. The minimum atomic E-state index is -0.124. The smallest absolute Gasteiger partial charge is 0.323 e. The van der Waals surface area contributed by atoms with Crippen LogP contribution in [0.2, 0.25) is 0 Å². The van der Waals surface area contributed by atoms with Crippen molar-refractivity contribution in [2.24, 2.45) is 10.9 Å². The first-order valence-electron chi connectivity index (χ1n) is 5.00. The van der Waals surface area contributed by atoms with E-state index in [1.54, 1.807) is 45.4 Å². The third kappa shape index (κ3) is 2.87. The van der Waals surface area contributed by atoms with Crippen LogP contribution in [-0.2, 0) is 0 Å². The van der Waals surface area contributed by atoms with E-state index in [0.29, 0.717) is 5.56 Å². The first-order valence-corrected chi connectivity index (χ1v) is 5.00. The average molecular weight is 236 g/mol. The van der Waals surface area contributed by atoms with Crippen LogP contribution in [-0.4, -0.2) is 43.1 Å². The highest BCUT2D eigenvalue weighted by atomic mass is 16.4. The molecule has 0 fully saturated rings. The third-order valence-corrected chi connectivity index (χ3v) is 2.33. The van der Waals surface area contributed by atoms with E-state index < -0.39 is 0 Å². The molecule has 0 bridgehead atoms. The summed E-state index contributed by atoms with van der Waals surface area (Å²) in [5, 5.41) is 11.4. The van der Waals surface area contributed by atoms with Crippen molar-refractivity contribution in [3.05, 3.63) is 29.8 Å². The number of nitrogens with two attached hydrogens (primary N) is 1. The van der Waals surface area contributed by atoms with Gasteiger partial charge in [-0.25, -0.2) is 4.79 Å². The maximum absolute atomic E-state index is 11.7. The number of nitrogens with zero attached hydrogens (tertiary/aromatic N) is 3. The Kier molecular flexibility index (Phi) is 3.92. The summed E-state index contributed by atoms with van der Waals surface area (Å²) >= 11 is 0. The molecule has 1 rings (SSSR count). The zero-order chi connectivity index (χ0) is 13.0. The van der Waals surface area contributed by atoms with E-state index in [2.05, 4.69) is 5.16 Å². The summed E-state index contributed by atoms with van der Waals surface area (Å²) < 4.78 is 0. The minimum absolute atomic E-state index is 0.0399. The molecule has 3 N–H and O–H groups in total. The summed E-state index contributed by atoms with van der Waals surface area (Å²) in [7, 11) is 5.05. The third-order valence-electron chi connectivity index (χ3n) is 2.33. The Hall–Kier alpha value is -2.24. The van der Waals surface area contributed by atoms with Crippen LogP contribution in [0.5, 0.6) is 0 Å². The van der Waals surface area contributed by atoms with Crippen molar-refractivity contribution < 1.29 is 10.0 Å². The molecule has 17 heavy (non-hydrogen) atoms. The number of amides is 2. The predicted molar refractivity (Wildman–Crippen MR) is 66.4 cm³/mol. The normalized spacial score (nSPS) is 11.1. The molecule has 2 amide bonds. The lowest BCUT2D eigenvalue weighted by Gasteiger charge is -2.21. The van der Waals surface area contributed by atoms with Gasteiger partial charge < -0.3 is 15.8 Å². The lowest BCUT2D eigenvalue weighted by Crippen LogP contribution is -2.36. The number of urea groups is 1. The maximum Gasteiger partial charge on any atom is 0.323 e. The standard InChI is InChI=1S/C11H16N4O2/c1-14(2)11(16)15(3)9-6-4-8(5-7-9)10(12)13-17/h4-7,17H,1-3H3,(H2,12,13). The Bertz CT molecular complexity index is 426. The molecule has 1 aromatic rings. The molecule has 0 unspecified atom stereocenters. The van der Waals surface area contributed by atoms with Gasteiger partial charge in [-0.2, -0.15) is 0 Å². The van der Waals surface area contributed by atoms with Crippen molar-refractivity contribution in [3.63, 3.8) is 0 Å². The van der Waals surface area contributed by atoms with E-state index >= 15 is 0 Å². The van der Waals surface area contributed by atoms with Crippen molar-refractivity contribution in [1.29, 1.82) is 0 Å². The molecule has 0 aliphatic rings. The van der Waals surface area contributed by atoms with Crippen LogP contribution in [0.1, 0.15) is 5.56 Å². The molecular formula is C11H16N4O2. The monoisotopic (exact) mass is 236 g/mol. The van der Waals surface area contributed by atoms with Crippen LogP contribution in [0.25, 0.3) is 0 Å². The second kappa shape index (κ2) is 5.20. The molecule has 0 heterocycles. The fraction of sp³-hybridized carbons (Fsp3) is 0.273. The van der Waals surface area contributed by atoms with E-state index in [4.69, 9.17) is 10.9 Å². The number of rotatable bonds is 2. The topological polar surface area (TPSA) is 82.2 Å². The quantitative estimate of drug-likeness (QED) is 0.346. The van der Waals surface area contributed by atoms with E-state index in [1.165, 1.54) is 9.80 Å². The molecule has 0 radical (unpaired) electrons. The van der Waals surface area contributed by atoms with Gasteiger partial charge in [0.05, 0.1) is 0 Å². The SMILES string of the molecule is CN(C)C(=O)N(C)c1ccc(C(N)=NO)cc1. The summed E-state index contributed by atoms with van der Waals surface area (Å²) in [5.74, 6) is 0.0399. The second-order valence-electron chi connectivity index (χ2n) is 3.77. The lowest BCUT2D eigenvalue weighted by atomic mass is 10.2. The first-order chi connectivity index (χ1) is 7.97. The molecule has 0 aliphatic carbocycles. The van der Waals surface area contributed by atoms with Crippen molar-refractivity contribution in [2.45, 2.75) is 0 Å². The highest BCUT2D eigenvalue weighted by molar-refractivity contribution is 5.98. The van der Waals surface area contributed by atoms with Crippen LogP contribution in [0, 0.1) is 0 Å². The molecule has 6 nitrogen and oxygen atoms in total. The van der Waals surface area contributed by atoms with Gasteiger partial charge in [-0.1, -0.05) is 5.16 Å². The summed E-state index contributed by atoms with van der Waals surface area (Å²) in [6.07, 6.45) is 0. The Morgan fingerprint density at radius 3 is 2.18 bits per heavy atom. The van der Waals surface area contributed by atoms with Gasteiger partial charge in [-0.3, -0.25) is 4.90 Å². The largest absolute Gasteiger partial charge is 0.409 e. The van der Waals surface area contributed by atoms with Gasteiger partial charge in [0.2, 0.25) is 0 Å². The molecule has 0 saturated heterocycles. The van der Waals surface area contributed by atoms with Crippen molar-refractivity contribution in [3.8, 4) is 0 Å². The number of anilines is 1. The predicted octanol–water partition coefficient (Wildman–Crippen LogP) is 0.899. The van der Waals surface area contributed by atoms with Crippen LogP contribution in [0.4, 0.5) is 10.5 Å². The fourth-order valence-electron chi connectivity index (χ4n) is 1.32. The number of carbonyl (C=O) groups is 1. The maximum atomic E-state index is 11.7. The molecule has 0 aromatic heterocycles. The van der Waals surface area contributed by atoms with Crippen LogP contribution in [0.3, 0.4) is 0 Å². The summed E-state index contributed by atoms with van der Waals surface area (Å²) in [6.45, 7) is 0. The number of benzene rings is 1. The van der Waals surface area contributed by atoms with E-state index in [-0.39, 0.29) is 11.9 Å². The van der Waals surface area contributed by atoms with Crippen molar-refractivity contribution in [1.82, 2.24) is 4.90 Å². The molecular weight excluding hydrogens is 220 g/mol. The Morgan fingerprint density at radius 2 is 1.76 bits per heavy atom. The van der Waals surface area contributed by atoms with Gasteiger partial charge >= 0.3 is 6.03 Å². The lowest BCUT2D eigenvalue weighted by molar-refractivity contribution is 0.225. The number of carbonyl (C=O) groups excluding carboxylic acids is 1. The van der Waals surface area contributed by atoms with E-state index in [9.17, 15) is 4.79 Å². The second-order valence-corrected chi connectivity index (χ2v) is 3.77. The van der Waals surface area contributed by atoms with Gasteiger partial charge in [0, 0.05) is 32.4 Å². The molecule has 0 saturated carbocycles. The summed E-state index contributed by atoms with van der Waals surface area (Å²) in [4.78, 5) is 14.7. The Balaban J connectivity index is 2.91. The molecule has 0 aliphatic heterocycles. The van der Waals surface area contributed by atoms with Gasteiger partial charge in [0.15, 0.2) is 5.84 Å². The highest BCUT2D eigenvalue weighted by Crippen LogP contribution is 2.14. The summed E-state index contributed by atoms with van der Waals surface area (Å²) in [6, 6.07) is 6.71. The van der Waals surface area contributed by atoms with Crippen LogP contribution >= 0.6 is 0 Å². The molecule has 1 aromatic carbocycles. The molecule has 6 heteroatoms. The summed E-state index contributed by atoms with van der Waals surface area (Å²) in [5.41, 5.74) is 6.77. The molecule has 0 spiro atoms. The molecule has 0 atom stereocenters. The first kappa shape index (κ1) is 12.8. The van der Waals surface area contributed by atoms with Crippen molar-refractivity contribution in [2.75, 3.05) is 26.0 Å². The van der Waals surface area contributed by atoms with E-state index in [0.717, 1.165) is 5.69 Å². The number of hydrogen-bond acceptors (Lipinski definition) is 3. The highest BCUT2D eigenvalue weighted by Gasteiger charge is 2.12. The Labute approximate surface area is 99.9 Å². The number of amidine groups is 1. The van der Waals surface area contributed by atoms with Gasteiger partial charge in [-0.05, 0) is 24.3 Å². The van der Waals surface area contributed by atoms with E-state index in [1.807, 2.05) is 0 Å². The van der Waals surface area contributed by atoms with Crippen molar-refractivity contribution >= 4 is 17.6 Å². The fourth-order valence-corrected chi connectivity index (χ4v) is 1.32. The molecule has 92 valence electrons. The minimum Gasteiger partial charge on any atom is -0.409 e. The zero-order valence-electron chi connectivity index (χ0n) is 10.1. The van der Waals surface area contributed by atoms with Crippen LogP contribution < -0.4 is 10.6 Å².